The number of hydrogen-bond donors (Lipinski definition) is 6. The molecule has 8 fully saturated rings. The van der Waals surface area contributed by atoms with E-state index >= 15 is 0 Å². The van der Waals surface area contributed by atoms with Gasteiger partial charge in [-0.1, -0.05) is 135 Å². The number of hydrogen-bond acceptors (Lipinski definition) is 28. The predicted molar refractivity (Wildman–Crippen MR) is 450 cm³/mol. The summed E-state index contributed by atoms with van der Waals surface area (Å²) in [5.41, 5.74) is 0.263. The van der Waals surface area contributed by atoms with Gasteiger partial charge in [-0.3, -0.25) is 9.59 Å². The number of rotatable bonds is 15. The summed E-state index contributed by atoms with van der Waals surface area (Å²) in [4.78, 5) is 28.6. The molecule has 0 radical (unpaired) electrons. The smallest absolute Gasteiger partial charge is 0.316 e. The predicted octanol–water partition coefficient (Wildman–Crippen LogP) is 10.4. The zero-order valence-corrected chi connectivity index (χ0v) is 75.7. The molecule has 6 N–H and O–H groups in total. The summed E-state index contributed by atoms with van der Waals surface area (Å²) < 4.78 is 127. The van der Waals surface area contributed by atoms with Crippen LogP contribution < -0.4 is 0 Å². The van der Waals surface area contributed by atoms with E-state index in [0.717, 1.165) is 17.6 Å². The van der Waals surface area contributed by atoms with E-state index in [1.807, 2.05) is 64.2 Å². The van der Waals surface area contributed by atoms with Crippen LogP contribution in [0.3, 0.4) is 0 Å². The monoisotopic (exact) mass is 1730 g/mol. The van der Waals surface area contributed by atoms with Crippen LogP contribution in [-0.2, 0) is 104 Å². The second-order valence-corrected chi connectivity index (χ2v) is 37.8. The molecule has 14 aliphatic rings. The lowest BCUT2D eigenvalue weighted by Gasteiger charge is -2.48. The lowest BCUT2D eigenvalue weighted by Crippen LogP contribution is -2.58. The minimum absolute atomic E-state index is 0.0313. The van der Waals surface area contributed by atoms with Gasteiger partial charge in [0.05, 0.1) is 98.7 Å². The fourth-order valence-electron chi connectivity index (χ4n) is 21.0. The molecule has 0 aromatic carbocycles. The topological polar surface area (TPSA) is 340 Å². The second kappa shape index (κ2) is 40.4. The van der Waals surface area contributed by atoms with Crippen LogP contribution in [0.25, 0.3) is 0 Å². The molecule has 39 atom stereocenters. The minimum Gasteiger partial charge on any atom is -0.462 e. The van der Waals surface area contributed by atoms with Gasteiger partial charge in [-0.05, 0) is 126 Å². The van der Waals surface area contributed by atoms with Gasteiger partial charge in [0.1, 0.15) is 84.1 Å². The van der Waals surface area contributed by atoms with Gasteiger partial charge in [-0.25, -0.2) is 0 Å². The summed E-state index contributed by atoms with van der Waals surface area (Å²) in [7, 11) is 6.44. The lowest BCUT2D eigenvalue weighted by atomic mass is 9.71. The molecule has 2 aliphatic carbocycles. The molecule has 0 unspecified atom stereocenters. The van der Waals surface area contributed by atoms with Crippen LogP contribution in [0.2, 0.25) is 0 Å². The molecule has 0 aromatic rings. The van der Waals surface area contributed by atoms with Crippen LogP contribution in [0, 0.1) is 47.3 Å². The number of ether oxygens (including phenoxy) is 20. The van der Waals surface area contributed by atoms with Crippen molar-refractivity contribution >= 4 is 11.9 Å². The summed E-state index contributed by atoms with van der Waals surface area (Å²) >= 11 is 0. The molecule has 12 aliphatic heterocycles. The number of carbonyl (C=O) groups is 2. The molecule has 0 amide bonds. The van der Waals surface area contributed by atoms with Crippen molar-refractivity contribution in [3.63, 3.8) is 0 Å². The molecule has 14 rings (SSSR count). The number of allylic oxidation sites excluding steroid dienone is 4. The van der Waals surface area contributed by atoms with Gasteiger partial charge in [0.2, 0.25) is 0 Å². The van der Waals surface area contributed by atoms with Crippen molar-refractivity contribution in [3.8, 4) is 0 Å². The summed E-state index contributed by atoms with van der Waals surface area (Å²) in [6, 6.07) is 0. The highest BCUT2D eigenvalue weighted by Crippen LogP contribution is 2.51. The van der Waals surface area contributed by atoms with Gasteiger partial charge in [-0.15, -0.1) is 0 Å². The van der Waals surface area contributed by atoms with Crippen molar-refractivity contribution in [2.45, 2.75) is 376 Å². The standard InChI is InChI=1S/C48H72O14.C47H70O14/c1-11-25(2)43-28(5)17-18-47(62-43)23-34-20-33(61-47)16-15-27(4)42(26(3)13-12-14-32-24-55-45-40(49)29(6)19-35(46(51)58-34)48(32,45)52)59-39-22-37(54-10)44(31(8)57-39)60-38-21-36(53-9)41(50)30(7)56-38;1-24(2)41-27(5)16-17-46(61-41)22-33-19-32(60-46)15-14-26(4)42(25(3)12-11-13-31-23-54-44-39(48)28(6)18-34(45(50)57-33)47(31,44)51)58-38-21-36(53-10)43(30(8)56-38)59-37-20-35(52-9)40(49)29(7)55-37/h12-15,17-19,25-26,28,30-31,33-45,49-50,52H,11,16,20-24H2,1-10H3;11-14,16-18,24-25,27,29-30,32-44,48-49,51H,15,19-23H2,1-10H3/t25-,26-,28-,30-,31-,33+,34-,35-,36-,37-,38-,39-,40+,41-,42-,43+,44-,45+,47+,48+;25-,27-,29-,30-,32+,33-,34-,35-,36-,37-,38-,39+,40-,41+,42-,43-,44+,46+,47+/m00/s1. The maximum absolute atomic E-state index is 14.3. The van der Waals surface area contributed by atoms with Crippen molar-refractivity contribution < 1.29 is 135 Å². The fourth-order valence-corrected chi connectivity index (χ4v) is 21.0. The van der Waals surface area contributed by atoms with Gasteiger partial charge in [-0.2, -0.15) is 0 Å². The Hall–Kier alpha value is -4.62. The maximum Gasteiger partial charge on any atom is 0.316 e. The number of esters is 2. The van der Waals surface area contributed by atoms with Gasteiger partial charge >= 0.3 is 11.9 Å². The summed E-state index contributed by atoms with van der Waals surface area (Å²) in [5, 5.41) is 68.4. The van der Waals surface area contributed by atoms with E-state index in [1.165, 1.54) is 0 Å². The Bertz CT molecular complexity index is 3920. The Balaban J connectivity index is 0.000000212. The molecule has 12 heterocycles. The Morgan fingerprint density at radius 3 is 1.22 bits per heavy atom. The molecule has 2 spiro atoms. The van der Waals surface area contributed by atoms with Crippen molar-refractivity contribution in [2.24, 2.45) is 47.3 Å². The molecule has 0 saturated carbocycles. The third-order valence-electron chi connectivity index (χ3n) is 28.5. The first-order valence-corrected chi connectivity index (χ1v) is 45.2. The van der Waals surface area contributed by atoms with E-state index in [0.29, 0.717) is 86.5 Å². The average Bonchev–Trinajstić information content (AvgIpc) is 1.61. The minimum atomic E-state index is -1.84. The first-order valence-electron chi connectivity index (χ1n) is 45.2. The van der Waals surface area contributed by atoms with Crippen molar-refractivity contribution in [1.82, 2.24) is 0 Å². The molecular weight excluding hydrogens is 1590 g/mol. The summed E-state index contributed by atoms with van der Waals surface area (Å²) in [5.74, 6) is -5.18. The van der Waals surface area contributed by atoms with Crippen molar-refractivity contribution in [1.29, 1.82) is 0 Å². The van der Waals surface area contributed by atoms with Crippen LogP contribution in [0.15, 0.2) is 119 Å². The molecule has 28 heteroatoms. The van der Waals surface area contributed by atoms with Crippen LogP contribution in [0.1, 0.15) is 181 Å². The second-order valence-electron chi connectivity index (χ2n) is 37.8. The van der Waals surface area contributed by atoms with Gasteiger partial charge in [0, 0.05) is 103 Å². The molecule has 8 saturated heterocycles. The first kappa shape index (κ1) is 95.9. The zero-order valence-electron chi connectivity index (χ0n) is 75.7. The van der Waals surface area contributed by atoms with E-state index in [2.05, 4.69) is 79.7 Å². The maximum atomic E-state index is 14.3. The van der Waals surface area contributed by atoms with Gasteiger partial charge in [0.25, 0.3) is 0 Å². The number of aliphatic hydroxyl groups excluding tert-OH is 4. The molecule has 0 aromatic heterocycles. The quantitative estimate of drug-likeness (QED) is 0.0655. The highest BCUT2D eigenvalue weighted by Gasteiger charge is 2.63. The average molecular weight is 1730 g/mol. The largest absolute Gasteiger partial charge is 0.462 e. The van der Waals surface area contributed by atoms with E-state index in [9.17, 15) is 40.2 Å². The summed E-state index contributed by atoms with van der Waals surface area (Å²) in [6.45, 7) is 32.1. The van der Waals surface area contributed by atoms with Gasteiger partial charge in [0.15, 0.2) is 36.7 Å². The van der Waals surface area contributed by atoms with Crippen LogP contribution in [0.5, 0.6) is 0 Å². The Morgan fingerprint density at radius 2 is 0.829 bits per heavy atom. The Labute approximate surface area is 726 Å². The van der Waals surface area contributed by atoms with Crippen molar-refractivity contribution in [2.75, 3.05) is 41.7 Å². The van der Waals surface area contributed by atoms with Crippen LogP contribution in [0.4, 0.5) is 0 Å². The van der Waals surface area contributed by atoms with Crippen LogP contribution >= 0.6 is 0 Å². The third kappa shape index (κ3) is 20.6. The molecule has 123 heavy (non-hydrogen) atoms. The van der Waals surface area contributed by atoms with E-state index in [1.54, 1.807) is 80.4 Å². The Kier molecular flexibility index (Phi) is 31.5. The molecule has 4 bridgehead atoms. The first-order chi connectivity index (χ1) is 58.5. The van der Waals surface area contributed by atoms with Gasteiger partial charge < -0.3 is 125 Å². The highest BCUT2D eigenvalue weighted by atomic mass is 16.8. The molecular formula is C95H142O28. The van der Waals surface area contributed by atoms with E-state index in [-0.39, 0.29) is 85.3 Å². The number of carbonyl (C=O) groups excluding carboxylic acids is 2. The lowest BCUT2D eigenvalue weighted by molar-refractivity contribution is -0.318. The van der Waals surface area contributed by atoms with Crippen molar-refractivity contribution in [3.05, 3.63) is 119 Å². The number of methoxy groups -OCH3 is 4. The normalized spacial score (nSPS) is 47.0. The Morgan fingerprint density at radius 1 is 0.455 bits per heavy atom. The molecule has 690 valence electrons. The zero-order chi connectivity index (χ0) is 88.6. The molecule has 28 nitrogen and oxygen atoms in total. The number of aliphatic hydroxyl groups is 6. The highest BCUT2D eigenvalue weighted by molar-refractivity contribution is 5.79. The summed E-state index contributed by atoms with van der Waals surface area (Å²) in [6.07, 6.45) is 16.1. The third-order valence-corrected chi connectivity index (χ3v) is 28.5. The van der Waals surface area contributed by atoms with Crippen LogP contribution in [-0.4, -0.2) is 279 Å². The number of fused-ring (bicyclic) bond motifs is 4. The fraction of sp³-hybridized carbons (Fsp3) is 0.768. The SMILES string of the molecule is CC[C@H](C)[C@H]1O[C@]2(C=C[C@@H]1C)C[C@@H]1C[C@@H](CC=C(C)[C@@H](O[C@H]3C[C@H](OC)[C@@H](O[C@H]4C[C@H](OC)[C@@H](O)[C@H](C)O4)[C@H](C)O3)[C@@H](C)C=CC=C3CO[C@@H]4[C@H](O)C(C)=C[C@@H](C(=O)O1)[C@]34O)O2.CO[C@H]1C[C@H](O[C@H]2[C@H](C)O[C@@H](O[C@@H]3C(C)=CC[C@@H]4C[C@@H](C[C@]5(C=C[C@H](C)[C@@H](C(C)C)O5)O4)OC(=O)[C@@H]4C=C(C)[C@@H](O)[C@H]5OCC(=CC=C[C@@H]3C)[C@]54O)C[C@@H]2OC)O[C@@H](C)[C@@H]1O. The van der Waals surface area contributed by atoms with E-state index in [4.69, 9.17) is 94.7 Å². The van der Waals surface area contributed by atoms with E-state index < -0.39 is 182 Å².